The van der Waals surface area contributed by atoms with E-state index < -0.39 is 121 Å². The minimum Gasteiger partial charge on any atom is -0.426 e. The lowest BCUT2D eigenvalue weighted by Crippen LogP contribution is -2.49. The molecule has 1 aliphatic carbocycles. The second-order valence-electron chi connectivity index (χ2n) is 25.4. The summed E-state index contributed by atoms with van der Waals surface area (Å²) in [6.45, 7) is 9.12. The van der Waals surface area contributed by atoms with Gasteiger partial charge in [0.05, 0.1) is 0 Å². The smallest absolute Gasteiger partial charge is 0.308 e. The van der Waals surface area contributed by atoms with Gasteiger partial charge in [-0.05, 0) is 119 Å². The summed E-state index contributed by atoms with van der Waals surface area (Å²) in [6.07, 6.45) is 3.67. The Labute approximate surface area is 613 Å². The number of rotatable bonds is 12. The van der Waals surface area contributed by atoms with Crippen LogP contribution in [0, 0.1) is 0 Å². The van der Waals surface area contributed by atoms with Crippen molar-refractivity contribution in [1.29, 1.82) is 0 Å². The molecule has 5 aliphatic rings. The van der Waals surface area contributed by atoms with Crippen molar-refractivity contribution in [3.63, 3.8) is 0 Å². The molecule has 8 amide bonds. The Bertz CT molecular complexity index is 4560. The van der Waals surface area contributed by atoms with Crippen molar-refractivity contribution < 1.29 is 76.5 Å². The van der Waals surface area contributed by atoms with Crippen molar-refractivity contribution in [1.82, 2.24) is 61.2 Å². The molecule has 4 unspecified atom stereocenters. The number of carbonyl (C=O) groups is 12. The summed E-state index contributed by atoms with van der Waals surface area (Å²) in [7, 11) is 0. The first kappa shape index (κ1) is 72.2. The Hall–Kier alpha value is -14.2. The molecule has 4 N–H and O–H groups in total. The summed E-state index contributed by atoms with van der Waals surface area (Å²) in [5, 5.41) is 33.2. The van der Waals surface area contributed by atoms with Crippen LogP contribution in [0.15, 0.2) is 167 Å². The van der Waals surface area contributed by atoms with E-state index in [4.69, 9.17) is 18.9 Å². The number of hydrogen-bond acceptors (Lipinski definition) is 24. The summed E-state index contributed by atoms with van der Waals surface area (Å²) in [5.74, 6) is -11.2. The molecule has 0 fully saturated rings. The minimum atomic E-state index is -1.66. The van der Waals surface area contributed by atoms with Crippen molar-refractivity contribution in [3.05, 3.63) is 236 Å². The van der Waals surface area contributed by atoms with Gasteiger partial charge in [-0.1, -0.05) is 24.3 Å². The van der Waals surface area contributed by atoms with E-state index in [2.05, 4.69) is 61.6 Å². The quantitative estimate of drug-likeness (QED) is 0.0905. The van der Waals surface area contributed by atoms with Crippen LogP contribution in [0.2, 0.25) is 0 Å². The van der Waals surface area contributed by atoms with Crippen molar-refractivity contribution in [2.24, 2.45) is 20.4 Å². The molecule has 8 bridgehead atoms. The van der Waals surface area contributed by atoms with Crippen LogP contribution in [0.1, 0.15) is 169 Å². The maximum Gasteiger partial charge on any atom is 0.308 e. The Morgan fingerprint density at radius 2 is 0.491 bits per heavy atom. The summed E-state index contributed by atoms with van der Waals surface area (Å²) in [5.41, 5.74) is 0.642. The number of hydrazone groups is 4. The van der Waals surface area contributed by atoms with Gasteiger partial charge in [-0.3, -0.25) is 77.5 Å². The number of ether oxygens (including phenoxy) is 4. The van der Waals surface area contributed by atoms with Gasteiger partial charge in [-0.2, -0.15) is 0 Å². The molecule has 4 aliphatic heterocycles. The zero-order chi connectivity index (χ0) is 76.5. The molecular formula is C76H64N16O16. The second kappa shape index (κ2) is 29.9. The lowest BCUT2D eigenvalue weighted by molar-refractivity contribution is -0.139. The van der Waals surface area contributed by atoms with Crippen LogP contribution in [0.5, 0.6) is 23.0 Å². The molecule has 8 aromatic rings. The molecule has 544 valence electrons. The topological polar surface area (TPSA) is 404 Å². The van der Waals surface area contributed by atoms with Crippen molar-refractivity contribution in [3.8, 4) is 23.0 Å². The van der Waals surface area contributed by atoms with Gasteiger partial charge in [0.2, 0.25) is 23.6 Å². The molecule has 0 radical (unpaired) electrons. The van der Waals surface area contributed by atoms with E-state index >= 15 is 19.2 Å². The summed E-state index contributed by atoms with van der Waals surface area (Å²) >= 11 is 0. The van der Waals surface area contributed by atoms with Gasteiger partial charge in [0, 0.05) is 150 Å². The first-order chi connectivity index (χ1) is 51.7. The maximum absolute atomic E-state index is 15.1. The molecule has 13 rings (SSSR count). The molecule has 108 heavy (non-hydrogen) atoms. The summed E-state index contributed by atoms with van der Waals surface area (Å²) in [4.78, 5) is 190. The molecule has 4 aromatic heterocycles. The number of nitrogens with one attached hydrogen (secondary N) is 4. The van der Waals surface area contributed by atoms with Crippen LogP contribution in [-0.4, -0.2) is 134 Å². The number of esters is 4. The SMILES string of the molecule is CC(=O)Oc1c2cc(C3C(=O)NC(c4ccccn4)=NN3C(C)=O)cc1Cc1cc(C3C(=O)NC(c4ccccn4)=NN3C(C)=O)cc(c1OC(C)=O)Cc1cc(C3C(=O)NC(c4ccccn4)=NN3C(C)=O)cc(c1OC(C)=O)Cc1cc(C3C(=O)NC(c4ccccn4)=NN3C(C)=O)cc(c1OC(C)=O)C2. The highest BCUT2D eigenvalue weighted by molar-refractivity contribution is 6.14. The zero-order valence-corrected chi connectivity index (χ0v) is 58.9. The molecule has 0 spiro atoms. The van der Waals surface area contributed by atoms with Gasteiger partial charge in [0.25, 0.3) is 23.6 Å². The van der Waals surface area contributed by atoms with Crippen LogP contribution in [0.4, 0.5) is 0 Å². The lowest BCUT2D eigenvalue weighted by Gasteiger charge is -2.33. The Morgan fingerprint density at radius 1 is 0.306 bits per heavy atom. The molecule has 32 heteroatoms. The fraction of sp³-hybridized carbons (Fsp3) is 0.211. The second-order valence-corrected chi connectivity index (χ2v) is 25.4. The van der Waals surface area contributed by atoms with Gasteiger partial charge in [0.1, 0.15) is 45.8 Å². The van der Waals surface area contributed by atoms with Crippen LogP contribution < -0.4 is 40.2 Å². The summed E-state index contributed by atoms with van der Waals surface area (Å²) < 4.78 is 25.2. The molecule has 0 saturated carbocycles. The van der Waals surface area contributed by atoms with Crippen LogP contribution in [0.25, 0.3) is 0 Å². The third-order valence-electron chi connectivity index (χ3n) is 17.5. The van der Waals surface area contributed by atoms with E-state index in [0.29, 0.717) is 0 Å². The Kier molecular flexibility index (Phi) is 20.0. The number of aromatic nitrogens is 4. The normalized spacial score (nSPS) is 17.6. The number of fused-ring (bicyclic) bond motifs is 8. The minimum absolute atomic E-state index is 0.00246. The fourth-order valence-corrected chi connectivity index (χ4v) is 13.3. The standard InChI is InChI=1S/C76H64N16O16/c1-37(93)89-61(73(101)81-69(85-89)57-17-9-13-21-77-57)45-25-49-33-51-27-46(62-74(102)82-70(86-90(62)38(2)94)58-18-10-14-22-78-58)29-53(66(51)106-42(6)98)35-55-31-48(64-76(104)84-72(88-92(64)40(4)96)60-20-12-16-24-80-60)32-56(68(55)108-44(8)100)36-54-30-47(28-52(67(54)107-43(7)99)34-50(26-45)65(49)105-41(5)97)63-75(103)83-71(87-91(63)39(3)95)59-19-11-15-23-79-59/h9-32,61-64H,33-36H2,1-8H3,(H,81,85,101)(H,82,86,102)(H,83,87,103)(H,84,88,104). The van der Waals surface area contributed by atoms with Gasteiger partial charge in [-0.25, -0.2) is 20.0 Å². The Morgan fingerprint density at radius 3 is 0.639 bits per heavy atom. The van der Waals surface area contributed by atoms with Crippen molar-refractivity contribution in [2.75, 3.05) is 0 Å². The third-order valence-corrected chi connectivity index (χ3v) is 17.5. The highest BCUT2D eigenvalue weighted by atomic mass is 16.5. The molecule has 0 saturated heterocycles. The number of amides is 8. The highest BCUT2D eigenvalue weighted by Gasteiger charge is 2.43. The molecule has 32 nitrogen and oxygen atoms in total. The van der Waals surface area contributed by atoms with E-state index in [0.717, 1.165) is 47.7 Å². The van der Waals surface area contributed by atoms with Gasteiger partial charge in [0.15, 0.2) is 47.5 Å². The number of pyridine rings is 4. The number of benzene rings is 4. The number of nitrogens with zero attached hydrogens (tertiary/aromatic N) is 12. The van der Waals surface area contributed by atoms with Gasteiger partial charge < -0.3 is 40.2 Å². The zero-order valence-electron chi connectivity index (χ0n) is 58.9. The number of carbonyl (C=O) groups excluding carboxylic acids is 12. The van der Waals surface area contributed by atoms with E-state index in [9.17, 15) is 38.4 Å². The third kappa shape index (κ3) is 14.8. The lowest BCUT2D eigenvalue weighted by atomic mass is 9.85. The molecular weight excluding hydrogens is 1390 g/mol. The predicted octanol–water partition coefficient (Wildman–Crippen LogP) is 5.17. The summed E-state index contributed by atoms with van der Waals surface area (Å²) in [6, 6.07) is 24.2. The van der Waals surface area contributed by atoms with Crippen LogP contribution >= 0.6 is 0 Å². The molecule has 8 heterocycles. The average molecular weight is 1460 g/mol. The fourth-order valence-electron chi connectivity index (χ4n) is 13.3. The van der Waals surface area contributed by atoms with E-state index in [1.54, 1.807) is 72.8 Å². The van der Waals surface area contributed by atoms with Crippen molar-refractivity contribution in [2.45, 2.75) is 105 Å². The molecule has 4 atom stereocenters. The number of amidine groups is 4. The first-order valence-electron chi connectivity index (χ1n) is 33.5. The monoisotopic (exact) mass is 1460 g/mol. The Balaban J connectivity index is 1.15. The maximum atomic E-state index is 15.1. The molecule has 4 aromatic carbocycles. The van der Waals surface area contributed by atoms with Crippen LogP contribution in [0.3, 0.4) is 0 Å². The predicted molar refractivity (Wildman–Crippen MR) is 379 cm³/mol. The van der Waals surface area contributed by atoms with E-state index in [1.807, 2.05) is 0 Å². The average Bonchev–Trinajstić information content (AvgIpc) is 0.755. The van der Waals surface area contributed by atoms with E-state index in [1.165, 1.54) is 101 Å². The van der Waals surface area contributed by atoms with E-state index in [-0.39, 0.29) is 136 Å². The number of hydrogen-bond donors (Lipinski definition) is 4. The first-order valence-corrected chi connectivity index (χ1v) is 33.5. The van der Waals surface area contributed by atoms with Crippen LogP contribution in [-0.2, 0) is 83.2 Å². The van der Waals surface area contributed by atoms with Crippen molar-refractivity contribution >= 4 is 94.5 Å². The van der Waals surface area contributed by atoms with Gasteiger partial charge >= 0.3 is 23.9 Å². The van der Waals surface area contributed by atoms with Gasteiger partial charge in [-0.15, -0.1) is 20.4 Å². The largest absolute Gasteiger partial charge is 0.426 e. The highest BCUT2D eigenvalue weighted by Crippen LogP contribution is 2.46.